The Morgan fingerprint density at radius 2 is 2.00 bits per heavy atom. The van der Waals surface area contributed by atoms with Crippen LogP contribution in [0.2, 0.25) is 0 Å². The van der Waals surface area contributed by atoms with E-state index in [1.807, 2.05) is 6.07 Å². The molecule has 2 N–H and O–H groups in total. The maximum atomic E-state index is 12.9. The van der Waals surface area contributed by atoms with Crippen LogP contribution in [0.4, 0.5) is 13.2 Å². The second kappa shape index (κ2) is 7.75. The van der Waals surface area contributed by atoms with Gasteiger partial charge in [0.15, 0.2) is 0 Å². The molecule has 0 aliphatic carbocycles. The highest BCUT2D eigenvalue weighted by molar-refractivity contribution is 5.39. The van der Waals surface area contributed by atoms with Crippen LogP contribution in [-0.2, 0) is 12.6 Å². The van der Waals surface area contributed by atoms with Crippen molar-refractivity contribution in [2.24, 2.45) is 5.73 Å². The van der Waals surface area contributed by atoms with Crippen LogP contribution >= 0.6 is 0 Å². The number of ether oxygens (including phenoxy) is 1. The molecule has 0 aliphatic rings. The third-order valence-corrected chi connectivity index (χ3v) is 2.72. The van der Waals surface area contributed by atoms with Gasteiger partial charge in [-0.2, -0.15) is 18.4 Å². The molecule has 0 saturated carbocycles. The first-order valence-electron chi connectivity index (χ1n) is 6.39. The van der Waals surface area contributed by atoms with Gasteiger partial charge < -0.3 is 10.5 Å². The molecular weight excluding hydrogens is 269 g/mol. The average Bonchev–Trinajstić information content (AvgIpc) is 2.39. The Hall–Kier alpha value is -1.74. The molecule has 0 aliphatic heterocycles. The third kappa shape index (κ3) is 5.10. The van der Waals surface area contributed by atoms with Gasteiger partial charge in [-0.05, 0) is 43.5 Å². The van der Waals surface area contributed by atoms with Crippen LogP contribution in [-0.4, -0.2) is 13.2 Å². The molecule has 0 bridgehead atoms. The minimum absolute atomic E-state index is 0.168. The molecule has 0 atom stereocenters. The number of nitriles is 1. The lowest BCUT2D eigenvalue weighted by Gasteiger charge is -2.15. The summed E-state index contributed by atoms with van der Waals surface area (Å²) < 4.78 is 44.0. The van der Waals surface area contributed by atoms with Crippen molar-refractivity contribution in [2.45, 2.75) is 31.9 Å². The van der Waals surface area contributed by atoms with E-state index in [9.17, 15) is 13.2 Å². The summed E-state index contributed by atoms with van der Waals surface area (Å²) in [5.41, 5.74) is 5.11. The highest BCUT2D eigenvalue weighted by Crippen LogP contribution is 2.37. The highest BCUT2D eigenvalue weighted by Gasteiger charge is 2.34. The molecule has 0 amide bonds. The van der Waals surface area contributed by atoms with E-state index in [4.69, 9.17) is 15.7 Å². The van der Waals surface area contributed by atoms with Gasteiger partial charge in [0.25, 0.3) is 0 Å². The van der Waals surface area contributed by atoms with E-state index >= 15 is 0 Å². The zero-order chi connectivity index (χ0) is 15.0. The zero-order valence-corrected chi connectivity index (χ0v) is 11.0. The maximum absolute atomic E-state index is 12.9. The first-order valence-corrected chi connectivity index (χ1v) is 6.39. The van der Waals surface area contributed by atoms with Crippen molar-refractivity contribution < 1.29 is 17.9 Å². The van der Waals surface area contributed by atoms with Crippen molar-refractivity contribution in [1.29, 1.82) is 5.26 Å². The van der Waals surface area contributed by atoms with Gasteiger partial charge in [-0.3, -0.25) is 0 Å². The summed E-state index contributed by atoms with van der Waals surface area (Å²) >= 11 is 0. The maximum Gasteiger partial charge on any atom is 0.419 e. The van der Waals surface area contributed by atoms with Crippen LogP contribution in [0.25, 0.3) is 0 Å². The lowest BCUT2D eigenvalue weighted by atomic mass is 10.1. The Bertz CT molecular complexity index is 466. The molecule has 0 aromatic heterocycles. The van der Waals surface area contributed by atoms with E-state index < -0.39 is 11.7 Å². The van der Waals surface area contributed by atoms with Gasteiger partial charge in [0.1, 0.15) is 5.75 Å². The number of nitrogens with two attached hydrogens (primary N) is 1. The highest BCUT2D eigenvalue weighted by atomic mass is 19.4. The van der Waals surface area contributed by atoms with Crippen molar-refractivity contribution in [2.75, 3.05) is 13.2 Å². The molecule has 1 rings (SSSR count). The van der Waals surface area contributed by atoms with E-state index in [2.05, 4.69) is 0 Å². The van der Waals surface area contributed by atoms with Crippen molar-refractivity contribution in [3.05, 3.63) is 29.3 Å². The molecular formula is C14H17F3N2O. The Kier molecular flexibility index (Phi) is 6.32. The van der Waals surface area contributed by atoms with Gasteiger partial charge in [0.05, 0.1) is 18.2 Å². The molecule has 0 saturated heterocycles. The van der Waals surface area contributed by atoms with E-state index in [-0.39, 0.29) is 12.4 Å². The normalized spacial score (nSPS) is 11.2. The summed E-state index contributed by atoms with van der Waals surface area (Å²) in [7, 11) is 0. The monoisotopic (exact) mass is 286 g/mol. The molecule has 1 aromatic rings. The molecule has 0 spiro atoms. The summed E-state index contributed by atoms with van der Waals surface area (Å²) in [4.78, 5) is 0. The Balaban J connectivity index is 2.76. The van der Waals surface area contributed by atoms with E-state index in [0.29, 0.717) is 37.8 Å². The molecule has 0 radical (unpaired) electrons. The smallest absolute Gasteiger partial charge is 0.419 e. The first kappa shape index (κ1) is 16.3. The zero-order valence-electron chi connectivity index (χ0n) is 11.0. The van der Waals surface area contributed by atoms with E-state index in [0.717, 1.165) is 6.07 Å². The van der Waals surface area contributed by atoms with Crippen molar-refractivity contribution >= 4 is 0 Å². The fourth-order valence-electron chi connectivity index (χ4n) is 1.73. The van der Waals surface area contributed by atoms with Crippen LogP contribution in [0.5, 0.6) is 5.75 Å². The van der Waals surface area contributed by atoms with Gasteiger partial charge in [-0.15, -0.1) is 0 Å². The van der Waals surface area contributed by atoms with Gasteiger partial charge in [-0.25, -0.2) is 0 Å². The molecule has 3 nitrogen and oxygen atoms in total. The SMILES string of the molecule is N#CCCCCOc1ccc(CCN)cc1C(F)(F)F. The summed E-state index contributed by atoms with van der Waals surface area (Å²) in [5.74, 6) is -0.171. The first-order chi connectivity index (χ1) is 9.49. The standard InChI is InChI=1S/C14H17F3N2O/c15-14(16,17)12-10-11(6-8-19)4-5-13(12)20-9-3-1-2-7-18/h4-5,10H,1-3,6,8-9,19H2. The number of hydrogen-bond donors (Lipinski definition) is 1. The van der Waals surface area contributed by atoms with Crippen molar-refractivity contribution in [3.8, 4) is 11.8 Å². The summed E-state index contributed by atoms with van der Waals surface area (Å²) in [6, 6.07) is 5.98. The molecule has 20 heavy (non-hydrogen) atoms. The van der Waals surface area contributed by atoms with Crippen LogP contribution in [0.15, 0.2) is 18.2 Å². The van der Waals surface area contributed by atoms with Crippen molar-refractivity contribution in [3.63, 3.8) is 0 Å². The summed E-state index contributed by atoms with van der Waals surface area (Å²) in [5, 5.41) is 8.36. The van der Waals surface area contributed by atoms with Gasteiger partial charge in [0.2, 0.25) is 0 Å². The number of nitrogens with zero attached hydrogens (tertiary/aromatic N) is 1. The van der Waals surface area contributed by atoms with Gasteiger partial charge in [0, 0.05) is 6.42 Å². The number of rotatable bonds is 7. The van der Waals surface area contributed by atoms with Crippen LogP contribution in [0.1, 0.15) is 30.4 Å². The quantitative estimate of drug-likeness (QED) is 0.782. The topological polar surface area (TPSA) is 59.0 Å². The Morgan fingerprint density at radius 3 is 2.60 bits per heavy atom. The number of unbranched alkanes of at least 4 members (excludes halogenated alkanes) is 2. The Labute approximate surface area is 116 Å². The van der Waals surface area contributed by atoms with E-state index in [1.165, 1.54) is 6.07 Å². The predicted molar refractivity (Wildman–Crippen MR) is 69.2 cm³/mol. The third-order valence-electron chi connectivity index (χ3n) is 2.72. The molecule has 6 heteroatoms. The molecule has 0 unspecified atom stereocenters. The second-order valence-electron chi connectivity index (χ2n) is 4.33. The van der Waals surface area contributed by atoms with E-state index in [1.54, 1.807) is 6.07 Å². The summed E-state index contributed by atoms with van der Waals surface area (Å²) in [6.45, 7) is 0.465. The second-order valence-corrected chi connectivity index (χ2v) is 4.33. The minimum atomic E-state index is -4.45. The Morgan fingerprint density at radius 1 is 1.25 bits per heavy atom. The molecule has 0 heterocycles. The van der Waals surface area contributed by atoms with Crippen LogP contribution in [0, 0.1) is 11.3 Å². The minimum Gasteiger partial charge on any atom is -0.493 e. The summed E-state index contributed by atoms with van der Waals surface area (Å²) in [6.07, 6.45) is -2.51. The molecule has 110 valence electrons. The number of halogens is 3. The lowest BCUT2D eigenvalue weighted by molar-refractivity contribution is -0.139. The molecule has 1 aromatic carbocycles. The molecule has 0 fully saturated rings. The van der Waals surface area contributed by atoms with Crippen molar-refractivity contribution in [1.82, 2.24) is 0 Å². The fraction of sp³-hybridized carbons (Fsp3) is 0.500. The van der Waals surface area contributed by atoms with Gasteiger partial charge in [-0.1, -0.05) is 6.07 Å². The average molecular weight is 286 g/mol. The largest absolute Gasteiger partial charge is 0.493 e. The number of hydrogen-bond acceptors (Lipinski definition) is 3. The van der Waals surface area contributed by atoms with Gasteiger partial charge >= 0.3 is 6.18 Å². The number of alkyl halides is 3. The fourth-order valence-corrected chi connectivity index (χ4v) is 1.73. The predicted octanol–water partition coefficient (Wildman–Crippen LogP) is 3.28. The number of benzene rings is 1. The van der Waals surface area contributed by atoms with Crippen LogP contribution in [0.3, 0.4) is 0 Å². The van der Waals surface area contributed by atoms with Crippen LogP contribution < -0.4 is 10.5 Å². The lowest BCUT2D eigenvalue weighted by Crippen LogP contribution is -2.11.